The van der Waals surface area contributed by atoms with E-state index >= 15 is 0 Å². The van der Waals surface area contributed by atoms with Crippen LogP contribution in [0.25, 0.3) is 0 Å². The van der Waals surface area contributed by atoms with E-state index in [4.69, 9.17) is 0 Å². The molecule has 2 fully saturated rings. The molecule has 4 heteroatoms. The molecule has 1 aromatic heterocycles. The third kappa shape index (κ3) is 2.18. The molecule has 2 heterocycles. The van der Waals surface area contributed by atoms with E-state index in [2.05, 4.69) is 9.88 Å². The second kappa shape index (κ2) is 5.00. The Hall–Kier alpha value is -0.900. The number of anilines is 1. The molecule has 1 saturated carbocycles. The normalized spacial score (nSPS) is 27.9. The molecule has 0 radical (unpaired) electrons. The first-order chi connectivity index (χ1) is 8.75. The lowest BCUT2D eigenvalue weighted by Crippen LogP contribution is -2.46. The molecule has 0 bridgehead atoms. The van der Waals surface area contributed by atoms with Crippen molar-refractivity contribution in [3.8, 4) is 0 Å². The number of aromatic nitrogens is 1. The number of thiazole rings is 1. The topological polar surface area (TPSA) is 33.2 Å². The molecule has 3 rings (SSSR count). The van der Waals surface area contributed by atoms with Gasteiger partial charge in [0.25, 0.3) is 0 Å². The fourth-order valence-corrected chi connectivity index (χ4v) is 4.32. The van der Waals surface area contributed by atoms with Gasteiger partial charge in [0, 0.05) is 19.5 Å². The Bertz CT molecular complexity index is 441. The van der Waals surface area contributed by atoms with Gasteiger partial charge in [-0.05, 0) is 31.6 Å². The lowest BCUT2D eigenvalue weighted by Gasteiger charge is -2.44. The summed E-state index contributed by atoms with van der Waals surface area (Å²) in [5.41, 5.74) is 0. The molecule has 98 valence electrons. The molecular formula is C14H20N2OS. The van der Waals surface area contributed by atoms with Gasteiger partial charge in [-0.2, -0.15) is 0 Å². The summed E-state index contributed by atoms with van der Waals surface area (Å²) in [4.78, 5) is 19.1. The number of carbonyl (C=O) groups excluding carboxylic acids is 1. The summed E-state index contributed by atoms with van der Waals surface area (Å²) in [5, 5.41) is 1.07. The van der Waals surface area contributed by atoms with Gasteiger partial charge in [0.1, 0.15) is 0 Å². The SMILES string of the molecule is CC(=O)c1cnc(N2CCC[C@H]3CCCC[C@H]32)s1. The summed E-state index contributed by atoms with van der Waals surface area (Å²) in [7, 11) is 0. The minimum absolute atomic E-state index is 0.135. The zero-order chi connectivity index (χ0) is 12.5. The fourth-order valence-electron chi connectivity index (χ4n) is 3.42. The molecule has 1 aliphatic carbocycles. The largest absolute Gasteiger partial charge is 0.345 e. The van der Waals surface area contributed by atoms with Gasteiger partial charge < -0.3 is 4.90 Å². The number of nitrogens with zero attached hydrogens (tertiary/aromatic N) is 2. The quantitative estimate of drug-likeness (QED) is 0.766. The highest BCUT2D eigenvalue weighted by Crippen LogP contribution is 2.38. The molecule has 3 nitrogen and oxygen atoms in total. The van der Waals surface area contributed by atoms with Crippen molar-refractivity contribution in [1.29, 1.82) is 0 Å². The summed E-state index contributed by atoms with van der Waals surface area (Å²) in [6.45, 7) is 2.74. The maximum absolute atomic E-state index is 11.4. The van der Waals surface area contributed by atoms with E-state index < -0.39 is 0 Å². The van der Waals surface area contributed by atoms with Crippen LogP contribution in [-0.2, 0) is 0 Å². The maximum atomic E-state index is 11.4. The van der Waals surface area contributed by atoms with Crippen LogP contribution in [0, 0.1) is 5.92 Å². The first-order valence-corrected chi connectivity index (χ1v) is 7.81. The zero-order valence-electron chi connectivity index (χ0n) is 10.9. The number of hydrogen-bond donors (Lipinski definition) is 0. The van der Waals surface area contributed by atoms with Crippen molar-refractivity contribution in [1.82, 2.24) is 4.98 Å². The lowest BCUT2D eigenvalue weighted by molar-refractivity contribution is 0.102. The van der Waals surface area contributed by atoms with Crippen molar-refractivity contribution >= 4 is 22.3 Å². The number of ketones is 1. The molecule has 2 atom stereocenters. The predicted octanol–water partition coefficient (Wildman–Crippen LogP) is 3.50. The Balaban J connectivity index is 1.82. The van der Waals surface area contributed by atoms with Crippen LogP contribution in [0.5, 0.6) is 0 Å². The van der Waals surface area contributed by atoms with Crippen LogP contribution in [0.2, 0.25) is 0 Å². The minimum Gasteiger partial charge on any atom is -0.345 e. The molecule has 1 aliphatic heterocycles. The van der Waals surface area contributed by atoms with Crippen molar-refractivity contribution in [2.24, 2.45) is 5.92 Å². The van der Waals surface area contributed by atoms with E-state index in [0.29, 0.717) is 6.04 Å². The third-order valence-electron chi connectivity index (χ3n) is 4.33. The molecule has 1 aromatic rings. The number of carbonyl (C=O) groups is 1. The molecule has 2 aliphatic rings. The standard InChI is InChI=1S/C14H20N2OS/c1-10(17)13-9-15-14(18-13)16-8-4-6-11-5-2-3-7-12(11)16/h9,11-12H,2-8H2,1H3/t11-,12-/m1/s1. The monoisotopic (exact) mass is 264 g/mol. The maximum Gasteiger partial charge on any atom is 0.186 e. The average Bonchev–Trinajstić information content (AvgIpc) is 2.87. The molecule has 0 spiro atoms. The molecule has 0 N–H and O–H groups in total. The highest BCUT2D eigenvalue weighted by Gasteiger charge is 2.34. The van der Waals surface area contributed by atoms with Crippen molar-refractivity contribution in [2.75, 3.05) is 11.4 Å². The van der Waals surface area contributed by atoms with Crippen LogP contribution in [-0.4, -0.2) is 23.4 Å². The number of rotatable bonds is 2. The highest BCUT2D eigenvalue weighted by molar-refractivity contribution is 7.17. The van der Waals surface area contributed by atoms with Crippen LogP contribution in [0.1, 0.15) is 55.1 Å². The number of fused-ring (bicyclic) bond motifs is 1. The lowest BCUT2D eigenvalue weighted by atomic mass is 9.78. The van der Waals surface area contributed by atoms with Crippen LogP contribution in [0.3, 0.4) is 0 Å². The van der Waals surface area contributed by atoms with Gasteiger partial charge in [-0.25, -0.2) is 4.98 Å². The molecule has 18 heavy (non-hydrogen) atoms. The molecule has 0 amide bonds. The number of piperidine rings is 1. The Kier molecular flexibility index (Phi) is 3.37. The van der Waals surface area contributed by atoms with Gasteiger partial charge in [0.2, 0.25) is 0 Å². The highest BCUT2D eigenvalue weighted by atomic mass is 32.1. The third-order valence-corrected chi connectivity index (χ3v) is 5.46. The number of hydrogen-bond acceptors (Lipinski definition) is 4. The molecule has 0 unspecified atom stereocenters. The Morgan fingerprint density at radius 2 is 2.11 bits per heavy atom. The van der Waals surface area contributed by atoms with Gasteiger partial charge in [0.05, 0.1) is 11.1 Å². The van der Waals surface area contributed by atoms with E-state index in [9.17, 15) is 4.79 Å². The Labute approximate surface area is 112 Å². The van der Waals surface area contributed by atoms with Gasteiger partial charge in [-0.15, -0.1) is 0 Å². The summed E-state index contributed by atoms with van der Waals surface area (Å²) in [6, 6.07) is 0.679. The van der Waals surface area contributed by atoms with Gasteiger partial charge in [-0.3, -0.25) is 4.79 Å². The van der Waals surface area contributed by atoms with Crippen molar-refractivity contribution in [3.05, 3.63) is 11.1 Å². The summed E-state index contributed by atoms with van der Waals surface area (Å²) in [5.74, 6) is 0.994. The fraction of sp³-hybridized carbons (Fsp3) is 0.714. The van der Waals surface area contributed by atoms with Crippen molar-refractivity contribution in [3.63, 3.8) is 0 Å². The Morgan fingerprint density at radius 1 is 1.33 bits per heavy atom. The van der Waals surface area contributed by atoms with Crippen molar-refractivity contribution in [2.45, 2.75) is 51.5 Å². The predicted molar refractivity (Wildman–Crippen MR) is 74.4 cm³/mol. The summed E-state index contributed by atoms with van der Waals surface area (Å²) in [6.07, 6.45) is 9.83. The van der Waals surface area contributed by atoms with Crippen LogP contribution >= 0.6 is 11.3 Å². The summed E-state index contributed by atoms with van der Waals surface area (Å²) >= 11 is 1.57. The van der Waals surface area contributed by atoms with E-state index in [1.165, 1.54) is 38.5 Å². The molecular weight excluding hydrogens is 244 g/mol. The van der Waals surface area contributed by atoms with E-state index in [1.54, 1.807) is 24.5 Å². The van der Waals surface area contributed by atoms with E-state index in [-0.39, 0.29) is 5.78 Å². The second-order valence-electron chi connectivity index (χ2n) is 5.51. The average molecular weight is 264 g/mol. The van der Waals surface area contributed by atoms with Gasteiger partial charge >= 0.3 is 0 Å². The van der Waals surface area contributed by atoms with Crippen LogP contribution < -0.4 is 4.90 Å². The summed E-state index contributed by atoms with van der Waals surface area (Å²) < 4.78 is 0. The Morgan fingerprint density at radius 3 is 2.89 bits per heavy atom. The zero-order valence-corrected chi connectivity index (χ0v) is 11.7. The van der Waals surface area contributed by atoms with Gasteiger partial charge in [-0.1, -0.05) is 24.2 Å². The number of Topliss-reactive ketones (excluding diaryl/α,β-unsaturated/α-hetero) is 1. The smallest absolute Gasteiger partial charge is 0.186 e. The second-order valence-corrected chi connectivity index (χ2v) is 6.52. The van der Waals surface area contributed by atoms with Crippen molar-refractivity contribution < 1.29 is 4.79 Å². The van der Waals surface area contributed by atoms with Crippen LogP contribution in [0.15, 0.2) is 6.20 Å². The van der Waals surface area contributed by atoms with Crippen LogP contribution in [0.4, 0.5) is 5.13 Å². The van der Waals surface area contributed by atoms with E-state index in [0.717, 1.165) is 22.5 Å². The minimum atomic E-state index is 0.135. The van der Waals surface area contributed by atoms with Gasteiger partial charge in [0.15, 0.2) is 10.9 Å². The molecule has 0 aromatic carbocycles. The molecule has 1 saturated heterocycles. The first-order valence-electron chi connectivity index (χ1n) is 6.99. The first kappa shape index (κ1) is 12.2. The van der Waals surface area contributed by atoms with E-state index in [1.807, 2.05) is 0 Å².